The minimum absolute atomic E-state index is 0.0376. The Bertz CT molecular complexity index is 858. The monoisotopic (exact) mass is 361 g/mol. The summed E-state index contributed by atoms with van der Waals surface area (Å²) in [5.41, 5.74) is 1.16. The lowest BCUT2D eigenvalue weighted by molar-refractivity contribution is 0.306. The molecule has 0 amide bonds. The highest BCUT2D eigenvalue weighted by atomic mass is 32.2. The Morgan fingerprint density at radius 1 is 1.29 bits per heavy atom. The Morgan fingerprint density at radius 2 is 2.12 bits per heavy atom. The van der Waals surface area contributed by atoms with Crippen LogP contribution < -0.4 is 9.61 Å². The molecular formula is C18H19NO3S2. The van der Waals surface area contributed by atoms with Gasteiger partial charge in [0, 0.05) is 16.0 Å². The van der Waals surface area contributed by atoms with Crippen LogP contribution in [0, 0.1) is 17.8 Å². The molecule has 0 spiro atoms. The van der Waals surface area contributed by atoms with Gasteiger partial charge in [-0.3, -0.25) is 4.79 Å². The first kappa shape index (κ1) is 14.9. The molecule has 2 fully saturated rings. The molecule has 24 heavy (non-hydrogen) atoms. The molecule has 2 heterocycles. The Kier molecular flexibility index (Phi) is 3.29. The molecule has 0 unspecified atom stereocenters. The first-order valence-corrected chi connectivity index (χ1v) is 10.1. The molecule has 0 saturated heterocycles. The van der Waals surface area contributed by atoms with Gasteiger partial charge >= 0.3 is 4.87 Å². The Balaban J connectivity index is 1.68. The number of thioether (sulfide) groups is 1. The van der Waals surface area contributed by atoms with Gasteiger partial charge < -0.3 is 14.8 Å². The van der Waals surface area contributed by atoms with Crippen LogP contribution in [0.2, 0.25) is 0 Å². The minimum Gasteiger partial charge on any atom is -0.504 e. The zero-order valence-electron chi connectivity index (χ0n) is 13.3. The molecule has 1 aromatic heterocycles. The lowest BCUT2D eigenvalue weighted by Gasteiger charge is -2.40. The average Bonchev–Trinajstić information content (AvgIpc) is 3.26. The number of thiazole rings is 1. The molecular weight excluding hydrogens is 342 g/mol. The van der Waals surface area contributed by atoms with Gasteiger partial charge in [0.05, 0.1) is 12.1 Å². The molecule has 2 aromatic rings. The Morgan fingerprint density at radius 3 is 2.96 bits per heavy atom. The van der Waals surface area contributed by atoms with Crippen molar-refractivity contribution in [3.05, 3.63) is 38.3 Å². The van der Waals surface area contributed by atoms with E-state index in [9.17, 15) is 9.90 Å². The molecule has 2 bridgehead atoms. The molecule has 4 nitrogen and oxygen atoms in total. The van der Waals surface area contributed by atoms with Crippen LogP contribution in [0.1, 0.15) is 35.6 Å². The highest BCUT2D eigenvalue weighted by Crippen LogP contribution is 2.63. The van der Waals surface area contributed by atoms with E-state index in [1.807, 2.05) is 23.9 Å². The first-order valence-electron chi connectivity index (χ1n) is 8.42. The molecule has 2 aliphatic carbocycles. The predicted molar refractivity (Wildman–Crippen MR) is 95.4 cm³/mol. The van der Waals surface area contributed by atoms with Crippen LogP contribution in [0.25, 0.3) is 0 Å². The number of hydrogen-bond donors (Lipinski definition) is 2. The molecule has 1 aromatic carbocycles. The molecule has 2 saturated carbocycles. The number of hydrogen-bond acceptors (Lipinski definition) is 5. The van der Waals surface area contributed by atoms with Crippen LogP contribution in [0.15, 0.2) is 28.0 Å². The third kappa shape index (κ3) is 2.02. The zero-order chi connectivity index (χ0) is 16.4. The predicted octanol–water partition coefficient (Wildman–Crippen LogP) is 3.80. The molecule has 126 valence electrons. The number of phenolic OH excluding ortho intramolecular Hbond substituents is 1. The number of aromatic nitrogens is 1. The van der Waals surface area contributed by atoms with Gasteiger partial charge in [-0.2, -0.15) is 0 Å². The molecule has 3 aliphatic rings. The minimum atomic E-state index is 0.0376. The SMILES string of the molecule is COc1cc([C@@H]2c3sc(=O)[nH]c3S[C@@H]3[C@@H]4CC[C@H](C4)[C@H]23)ccc1O. The van der Waals surface area contributed by atoms with E-state index in [1.165, 1.54) is 35.5 Å². The number of ether oxygens (including phenoxy) is 1. The maximum absolute atomic E-state index is 12.0. The fourth-order valence-electron chi connectivity index (χ4n) is 5.11. The summed E-state index contributed by atoms with van der Waals surface area (Å²) in [6.45, 7) is 0. The van der Waals surface area contributed by atoms with E-state index in [2.05, 4.69) is 4.98 Å². The van der Waals surface area contributed by atoms with E-state index in [1.54, 1.807) is 13.2 Å². The Labute approximate surface area is 148 Å². The quantitative estimate of drug-likeness (QED) is 0.854. The highest BCUT2D eigenvalue weighted by Gasteiger charge is 2.54. The number of fused-ring (bicyclic) bond motifs is 6. The first-order chi connectivity index (χ1) is 11.7. The third-order valence-electron chi connectivity index (χ3n) is 6.03. The summed E-state index contributed by atoms with van der Waals surface area (Å²) < 4.78 is 5.32. The van der Waals surface area contributed by atoms with Gasteiger partial charge in [-0.15, -0.1) is 11.8 Å². The largest absolute Gasteiger partial charge is 0.504 e. The fourth-order valence-corrected chi connectivity index (χ4v) is 8.00. The smallest absolute Gasteiger partial charge is 0.305 e. The van der Waals surface area contributed by atoms with Crippen LogP contribution in [-0.2, 0) is 0 Å². The number of phenols is 1. The van der Waals surface area contributed by atoms with Crippen LogP contribution in [0.4, 0.5) is 0 Å². The molecule has 5 rings (SSSR count). The maximum Gasteiger partial charge on any atom is 0.305 e. The van der Waals surface area contributed by atoms with Gasteiger partial charge in [0.2, 0.25) is 0 Å². The van der Waals surface area contributed by atoms with Gasteiger partial charge in [0.1, 0.15) is 0 Å². The standard InChI is InChI=1S/C18H19NO3S2/c1-22-12-7-9(4-5-11(12)20)14-13-8-2-3-10(6-8)15(13)23-17-16(14)24-18(21)19-17/h4-5,7-8,10,13-15,20H,2-3,6H2,1H3,(H,19,21)/t8-,10-,13-,14+,15-/m1/s1. The van der Waals surface area contributed by atoms with Crippen molar-refractivity contribution in [3.8, 4) is 11.5 Å². The summed E-state index contributed by atoms with van der Waals surface area (Å²) in [6, 6.07) is 5.66. The van der Waals surface area contributed by atoms with Crippen LogP contribution in [0.5, 0.6) is 11.5 Å². The highest BCUT2D eigenvalue weighted by molar-refractivity contribution is 8.00. The summed E-state index contributed by atoms with van der Waals surface area (Å²) in [7, 11) is 1.58. The fraction of sp³-hybridized carbons (Fsp3) is 0.500. The van der Waals surface area contributed by atoms with Crippen LogP contribution in [0.3, 0.4) is 0 Å². The maximum atomic E-state index is 12.0. The number of methoxy groups -OCH3 is 1. The molecule has 1 aliphatic heterocycles. The number of benzene rings is 1. The van der Waals surface area contributed by atoms with Crippen molar-refractivity contribution in [1.29, 1.82) is 0 Å². The van der Waals surface area contributed by atoms with E-state index in [0.717, 1.165) is 22.4 Å². The zero-order valence-corrected chi connectivity index (χ0v) is 15.0. The third-order valence-corrected chi connectivity index (χ3v) is 8.65. The van der Waals surface area contributed by atoms with E-state index in [4.69, 9.17) is 4.74 Å². The van der Waals surface area contributed by atoms with Crippen molar-refractivity contribution in [2.75, 3.05) is 7.11 Å². The molecule has 5 atom stereocenters. The van der Waals surface area contributed by atoms with Gasteiger partial charge in [-0.25, -0.2) is 0 Å². The van der Waals surface area contributed by atoms with Crippen molar-refractivity contribution in [2.24, 2.45) is 17.8 Å². The van der Waals surface area contributed by atoms with Crippen molar-refractivity contribution in [3.63, 3.8) is 0 Å². The number of aromatic amines is 1. The van der Waals surface area contributed by atoms with E-state index < -0.39 is 0 Å². The van der Waals surface area contributed by atoms with Gasteiger partial charge in [-0.1, -0.05) is 17.4 Å². The molecule has 2 N–H and O–H groups in total. The van der Waals surface area contributed by atoms with E-state index in [-0.39, 0.29) is 16.5 Å². The van der Waals surface area contributed by atoms with Crippen molar-refractivity contribution in [1.82, 2.24) is 4.98 Å². The lowest BCUT2D eigenvalue weighted by atomic mass is 9.75. The second-order valence-electron chi connectivity index (χ2n) is 7.11. The number of H-pyrrole nitrogens is 1. The van der Waals surface area contributed by atoms with Gasteiger partial charge in [0.25, 0.3) is 0 Å². The summed E-state index contributed by atoms with van der Waals surface area (Å²) in [6.07, 6.45) is 3.97. The van der Waals surface area contributed by atoms with E-state index in [0.29, 0.717) is 16.9 Å². The van der Waals surface area contributed by atoms with Crippen LogP contribution >= 0.6 is 23.1 Å². The normalized spacial score (nSPS) is 33.3. The number of rotatable bonds is 2. The van der Waals surface area contributed by atoms with Gasteiger partial charge in [0.15, 0.2) is 11.5 Å². The topological polar surface area (TPSA) is 62.3 Å². The number of aromatic hydroxyl groups is 1. The second-order valence-corrected chi connectivity index (χ2v) is 9.31. The summed E-state index contributed by atoms with van der Waals surface area (Å²) >= 11 is 3.25. The van der Waals surface area contributed by atoms with Crippen molar-refractivity contribution < 1.29 is 9.84 Å². The van der Waals surface area contributed by atoms with Gasteiger partial charge in [-0.05, 0) is 54.7 Å². The average molecular weight is 361 g/mol. The molecule has 6 heteroatoms. The van der Waals surface area contributed by atoms with Crippen molar-refractivity contribution in [2.45, 2.75) is 35.5 Å². The Hall–Kier alpha value is -1.40. The van der Waals surface area contributed by atoms with E-state index >= 15 is 0 Å². The summed E-state index contributed by atoms with van der Waals surface area (Å²) in [4.78, 5) is 16.3. The molecule has 0 radical (unpaired) electrons. The number of nitrogens with one attached hydrogen (secondary N) is 1. The summed E-state index contributed by atoms with van der Waals surface area (Å²) in [5.74, 6) is 3.03. The second kappa shape index (κ2) is 5.30. The lowest BCUT2D eigenvalue weighted by Crippen LogP contribution is -2.33. The van der Waals surface area contributed by atoms with Crippen LogP contribution in [-0.4, -0.2) is 22.5 Å². The van der Waals surface area contributed by atoms with Crippen molar-refractivity contribution >= 4 is 23.1 Å². The summed E-state index contributed by atoms with van der Waals surface area (Å²) in [5, 5.41) is 11.6.